The van der Waals surface area contributed by atoms with Crippen molar-refractivity contribution in [2.75, 3.05) is 25.1 Å². The van der Waals surface area contributed by atoms with Gasteiger partial charge in [-0.2, -0.15) is 4.37 Å². The van der Waals surface area contributed by atoms with E-state index in [1.807, 2.05) is 0 Å². The molecule has 2 rings (SSSR count). The molecular formula is C9H15N3OS. The molecule has 78 valence electrons. The summed E-state index contributed by atoms with van der Waals surface area (Å²) in [5.74, 6) is 0.643. The van der Waals surface area contributed by atoms with Gasteiger partial charge < -0.3 is 9.64 Å². The molecule has 2 unspecified atom stereocenters. The standard InChI is InChI=1S/C9H15N3OS/c1-7-3-4-12(5-8(7)13-2)9-10-6-11-14-9/h6-8H,3-5H2,1-2H3. The molecule has 14 heavy (non-hydrogen) atoms. The normalized spacial score (nSPS) is 28.0. The van der Waals surface area contributed by atoms with Crippen LogP contribution in [0.3, 0.4) is 0 Å². The van der Waals surface area contributed by atoms with Crippen molar-refractivity contribution in [3.05, 3.63) is 6.33 Å². The predicted molar refractivity (Wildman–Crippen MR) is 56.7 cm³/mol. The number of hydrogen-bond donors (Lipinski definition) is 0. The summed E-state index contributed by atoms with van der Waals surface area (Å²) in [4.78, 5) is 6.47. The van der Waals surface area contributed by atoms with E-state index >= 15 is 0 Å². The van der Waals surface area contributed by atoms with Crippen molar-refractivity contribution in [1.82, 2.24) is 9.36 Å². The molecular weight excluding hydrogens is 198 g/mol. The minimum Gasteiger partial charge on any atom is -0.379 e. The third-order valence-electron chi connectivity index (χ3n) is 2.81. The molecule has 0 aliphatic carbocycles. The zero-order valence-corrected chi connectivity index (χ0v) is 9.33. The first kappa shape index (κ1) is 9.86. The van der Waals surface area contributed by atoms with E-state index in [2.05, 4.69) is 21.2 Å². The third kappa shape index (κ3) is 1.88. The van der Waals surface area contributed by atoms with Gasteiger partial charge in [0.2, 0.25) is 5.13 Å². The van der Waals surface area contributed by atoms with Crippen LogP contribution in [0.25, 0.3) is 0 Å². The molecule has 1 fully saturated rings. The van der Waals surface area contributed by atoms with Crippen molar-refractivity contribution in [1.29, 1.82) is 0 Å². The lowest BCUT2D eigenvalue weighted by Gasteiger charge is -2.35. The van der Waals surface area contributed by atoms with Gasteiger partial charge in [0.15, 0.2) is 0 Å². The Labute approximate surface area is 88.1 Å². The molecule has 4 nitrogen and oxygen atoms in total. The van der Waals surface area contributed by atoms with E-state index in [1.54, 1.807) is 13.4 Å². The molecule has 0 aromatic carbocycles. The molecule has 1 saturated heterocycles. The van der Waals surface area contributed by atoms with Gasteiger partial charge in [0.25, 0.3) is 0 Å². The molecule has 2 heterocycles. The summed E-state index contributed by atoms with van der Waals surface area (Å²) in [6.07, 6.45) is 3.10. The van der Waals surface area contributed by atoms with E-state index in [9.17, 15) is 0 Å². The van der Waals surface area contributed by atoms with Crippen molar-refractivity contribution in [2.24, 2.45) is 5.92 Å². The maximum absolute atomic E-state index is 5.45. The Bertz CT molecular complexity index is 278. The fraction of sp³-hybridized carbons (Fsp3) is 0.778. The first-order valence-corrected chi connectivity index (χ1v) is 5.63. The molecule has 0 bridgehead atoms. The lowest BCUT2D eigenvalue weighted by Crippen LogP contribution is -2.43. The average Bonchev–Trinajstić information content (AvgIpc) is 2.71. The zero-order valence-electron chi connectivity index (χ0n) is 8.51. The Morgan fingerprint density at radius 3 is 3.14 bits per heavy atom. The molecule has 1 aliphatic rings. The van der Waals surface area contributed by atoms with Gasteiger partial charge in [0.05, 0.1) is 6.10 Å². The van der Waals surface area contributed by atoms with Crippen LogP contribution in [0.5, 0.6) is 0 Å². The van der Waals surface area contributed by atoms with Crippen molar-refractivity contribution in [3.8, 4) is 0 Å². The number of rotatable bonds is 2. The van der Waals surface area contributed by atoms with Crippen molar-refractivity contribution in [2.45, 2.75) is 19.4 Å². The highest BCUT2D eigenvalue weighted by molar-refractivity contribution is 7.09. The van der Waals surface area contributed by atoms with Gasteiger partial charge in [-0.1, -0.05) is 6.92 Å². The van der Waals surface area contributed by atoms with E-state index in [-0.39, 0.29) is 0 Å². The largest absolute Gasteiger partial charge is 0.379 e. The van der Waals surface area contributed by atoms with Crippen LogP contribution in [0, 0.1) is 5.92 Å². The van der Waals surface area contributed by atoms with Crippen LogP contribution in [0.2, 0.25) is 0 Å². The minimum absolute atomic E-state index is 0.327. The Hall–Kier alpha value is -0.680. The van der Waals surface area contributed by atoms with Crippen molar-refractivity contribution < 1.29 is 4.74 Å². The van der Waals surface area contributed by atoms with E-state index in [1.165, 1.54) is 11.5 Å². The van der Waals surface area contributed by atoms with Crippen LogP contribution in [0.1, 0.15) is 13.3 Å². The summed E-state index contributed by atoms with van der Waals surface area (Å²) in [7, 11) is 1.78. The molecule has 1 aromatic heterocycles. The van der Waals surface area contributed by atoms with Gasteiger partial charge in [-0.15, -0.1) is 0 Å². The van der Waals surface area contributed by atoms with E-state index in [0.717, 1.165) is 24.6 Å². The molecule has 0 spiro atoms. The number of nitrogens with zero attached hydrogens (tertiary/aromatic N) is 3. The van der Waals surface area contributed by atoms with E-state index in [4.69, 9.17) is 4.74 Å². The van der Waals surface area contributed by atoms with Crippen LogP contribution in [-0.2, 0) is 4.74 Å². The molecule has 0 radical (unpaired) electrons. The fourth-order valence-electron chi connectivity index (χ4n) is 1.82. The van der Waals surface area contributed by atoms with Gasteiger partial charge in [-0.05, 0) is 12.3 Å². The second-order valence-corrected chi connectivity index (χ2v) is 4.47. The Morgan fingerprint density at radius 2 is 2.50 bits per heavy atom. The lowest BCUT2D eigenvalue weighted by atomic mass is 9.96. The molecule has 1 aliphatic heterocycles. The van der Waals surface area contributed by atoms with Crippen LogP contribution >= 0.6 is 11.5 Å². The smallest absolute Gasteiger partial charge is 0.205 e. The van der Waals surface area contributed by atoms with Gasteiger partial charge >= 0.3 is 0 Å². The van der Waals surface area contributed by atoms with E-state index < -0.39 is 0 Å². The van der Waals surface area contributed by atoms with Gasteiger partial charge in [-0.25, -0.2) is 4.98 Å². The molecule has 0 amide bonds. The lowest BCUT2D eigenvalue weighted by molar-refractivity contribution is 0.0498. The van der Waals surface area contributed by atoms with Crippen LogP contribution < -0.4 is 4.90 Å². The average molecular weight is 213 g/mol. The Balaban J connectivity index is 2.03. The third-order valence-corrected chi connectivity index (χ3v) is 3.54. The summed E-state index contributed by atoms with van der Waals surface area (Å²) < 4.78 is 9.46. The summed E-state index contributed by atoms with van der Waals surface area (Å²) in [5, 5.41) is 1.01. The Kier molecular flexibility index (Phi) is 2.98. The number of ether oxygens (including phenoxy) is 1. The second-order valence-electron chi connectivity index (χ2n) is 3.71. The summed E-state index contributed by atoms with van der Waals surface area (Å²) in [5.41, 5.74) is 0. The highest BCUT2D eigenvalue weighted by Crippen LogP contribution is 2.24. The zero-order chi connectivity index (χ0) is 9.97. The van der Waals surface area contributed by atoms with Crippen LogP contribution in [0.4, 0.5) is 5.13 Å². The highest BCUT2D eigenvalue weighted by atomic mass is 32.1. The van der Waals surface area contributed by atoms with E-state index in [0.29, 0.717) is 12.0 Å². The maximum Gasteiger partial charge on any atom is 0.205 e. The van der Waals surface area contributed by atoms with Gasteiger partial charge in [0, 0.05) is 31.7 Å². The maximum atomic E-state index is 5.45. The quantitative estimate of drug-likeness (QED) is 0.744. The molecule has 0 saturated carbocycles. The summed E-state index contributed by atoms with van der Waals surface area (Å²) in [6.45, 7) is 4.24. The predicted octanol–water partition coefficient (Wildman–Crippen LogP) is 1.40. The monoisotopic (exact) mass is 213 g/mol. The molecule has 5 heteroatoms. The number of aromatic nitrogens is 2. The Morgan fingerprint density at radius 1 is 1.64 bits per heavy atom. The van der Waals surface area contributed by atoms with Crippen molar-refractivity contribution >= 4 is 16.7 Å². The SMILES string of the molecule is COC1CN(c2ncns2)CCC1C. The highest BCUT2D eigenvalue weighted by Gasteiger charge is 2.27. The fourth-order valence-corrected chi connectivity index (χ4v) is 2.39. The number of hydrogen-bond acceptors (Lipinski definition) is 5. The summed E-state index contributed by atoms with van der Waals surface area (Å²) >= 11 is 1.45. The summed E-state index contributed by atoms with van der Waals surface area (Å²) in [6, 6.07) is 0. The topological polar surface area (TPSA) is 38.2 Å². The molecule has 0 N–H and O–H groups in total. The molecule has 2 atom stereocenters. The number of piperidine rings is 1. The van der Waals surface area contributed by atoms with Crippen LogP contribution in [0.15, 0.2) is 6.33 Å². The van der Waals surface area contributed by atoms with Gasteiger partial charge in [0.1, 0.15) is 6.33 Å². The van der Waals surface area contributed by atoms with Gasteiger partial charge in [-0.3, -0.25) is 0 Å². The first-order valence-electron chi connectivity index (χ1n) is 4.85. The number of anilines is 1. The second kappa shape index (κ2) is 4.23. The molecule has 1 aromatic rings. The first-order chi connectivity index (χ1) is 6.81. The number of methoxy groups -OCH3 is 1. The minimum atomic E-state index is 0.327. The van der Waals surface area contributed by atoms with Crippen LogP contribution in [-0.4, -0.2) is 35.7 Å². The van der Waals surface area contributed by atoms with Crippen molar-refractivity contribution in [3.63, 3.8) is 0 Å².